The number of amides is 1. The molecule has 0 aromatic rings. The predicted molar refractivity (Wildman–Crippen MR) is 72.8 cm³/mol. The van der Waals surface area contributed by atoms with Crippen LogP contribution in [0.25, 0.3) is 0 Å². The lowest BCUT2D eigenvalue weighted by molar-refractivity contribution is -0.145. The topological polar surface area (TPSA) is 106 Å². The minimum Gasteiger partial charge on any atom is -0.464 e. The molecular weight excluding hydrogens is 264 g/mol. The second-order valence-corrected chi connectivity index (χ2v) is 5.10. The molecule has 0 aliphatic rings. The highest BCUT2D eigenvalue weighted by Gasteiger charge is 2.25. The first-order valence-electron chi connectivity index (χ1n) is 6.39. The van der Waals surface area contributed by atoms with E-state index in [0.29, 0.717) is 6.21 Å². The largest absolute Gasteiger partial charge is 0.464 e. The number of ether oxygens (including phenoxy) is 2. The van der Waals surface area contributed by atoms with Crippen molar-refractivity contribution in [2.24, 2.45) is 0 Å². The van der Waals surface area contributed by atoms with E-state index >= 15 is 0 Å². The van der Waals surface area contributed by atoms with Gasteiger partial charge in [0.1, 0.15) is 11.6 Å². The molecule has 0 radical (unpaired) electrons. The number of hydrogen-bond donors (Lipinski definition) is 2. The van der Waals surface area contributed by atoms with E-state index in [9.17, 15) is 14.4 Å². The molecule has 2 N–H and O–H groups in total. The summed E-state index contributed by atoms with van der Waals surface area (Å²) in [5.41, 5.74) is -0.686. The van der Waals surface area contributed by atoms with Gasteiger partial charge in [0.05, 0.1) is 12.8 Å². The maximum absolute atomic E-state index is 11.7. The summed E-state index contributed by atoms with van der Waals surface area (Å²) in [6.07, 6.45) is -0.0389. The van der Waals surface area contributed by atoms with Crippen LogP contribution in [-0.4, -0.2) is 42.3 Å². The molecule has 0 saturated heterocycles. The van der Waals surface area contributed by atoms with E-state index in [-0.39, 0.29) is 19.4 Å². The zero-order valence-electron chi connectivity index (χ0n) is 12.3. The average Bonchev–Trinajstić information content (AvgIpc) is 2.31. The maximum Gasteiger partial charge on any atom is 0.408 e. The fourth-order valence-electron chi connectivity index (χ4n) is 1.30. The first kappa shape index (κ1) is 18.1. The Hall–Kier alpha value is -1.92. The van der Waals surface area contributed by atoms with E-state index in [4.69, 9.17) is 14.9 Å². The molecule has 0 rings (SSSR count). The van der Waals surface area contributed by atoms with Crippen LogP contribution >= 0.6 is 0 Å². The predicted octanol–water partition coefficient (Wildman–Crippen LogP) is 1.44. The van der Waals surface area contributed by atoms with Crippen LogP contribution in [0.3, 0.4) is 0 Å². The fraction of sp³-hybridized carbons (Fsp3) is 0.692. The minimum absolute atomic E-state index is 0.0250. The summed E-state index contributed by atoms with van der Waals surface area (Å²) in [7, 11) is 0. The monoisotopic (exact) mass is 286 g/mol. The van der Waals surface area contributed by atoms with Gasteiger partial charge in [-0.05, 0) is 34.1 Å². The lowest BCUT2D eigenvalue weighted by atomic mass is 10.1. The highest BCUT2D eigenvalue weighted by Crippen LogP contribution is 2.08. The minimum atomic E-state index is -0.964. The number of carbonyl (C=O) groups excluding carboxylic acids is 3. The summed E-state index contributed by atoms with van der Waals surface area (Å²) in [5, 5.41) is 9.17. The highest BCUT2D eigenvalue weighted by molar-refractivity contribution is 6.26. The third kappa shape index (κ3) is 8.23. The molecule has 0 aliphatic carbocycles. The van der Waals surface area contributed by atoms with Crippen LogP contribution in [0, 0.1) is 5.41 Å². The molecule has 0 fully saturated rings. The summed E-state index contributed by atoms with van der Waals surface area (Å²) in [5.74, 6) is -1.05. The van der Waals surface area contributed by atoms with Gasteiger partial charge >= 0.3 is 12.1 Å². The Bertz CT molecular complexity index is 373. The average molecular weight is 286 g/mol. The van der Waals surface area contributed by atoms with Gasteiger partial charge in [-0.3, -0.25) is 4.79 Å². The summed E-state index contributed by atoms with van der Waals surface area (Å²) in [6, 6.07) is -0.964. The van der Waals surface area contributed by atoms with E-state index in [1.807, 2.05) is 0 Å². The molecule has 7 nitrogen and oxygen atoms in total. The Kier molecular flexibility index (Phi) is 7.49. The van der Waals surface area contributed by atoms with Crippen LogP contribution < -0.4 is 5.32 Å². The van der Waals surface area contributed by atoms with Gasteiger partial charge in [0, 0.05) is 6.42 Å². The molecule has 0 aromatic carbocycles. The molecule has 0 heterocycles. The number of nitrogens with one attached hydrogen (secondary N) is 2. The fourth-order valence-corrected chi connectivity index (χ4v) is 1.30. The Morgan fingerprint density at radius 2 is 1.90 bits per heavy atom. The zero-order chi connectivity index (χ0) is 15.8. The van der Waals surface area contributed by atoms with Crippen molar-refractivity contribution < 1.29 is 23.9 Å². The van der Waals surface area contributed by atoms with E-state index in [2.05, 4.69) is 5.32 Å². The molecule has 0 unspecified atom stereocenters. The molecule has 0 aromatic heterocycles. The van der Waals surface area contributed by atoms with Crippen molar-refractivity contribution in [2.45, 2.75) is 52.2 Å². The van der Waals surface area contributed by atoms with Crippen molar-refractivity contribution in [3.63, 3.8) is 0 Å². The van der Waals surface area contributed by atoms with Crippen molar-refractivity contribution in [3.05, 3.63) is 0 Å². The van der Waals surface area contributed by atoms with Crippen molar-refractivity contribution >= 4 is 24.1 Å². The Morgan fingerprint density at radius 3 is 2.35 bits per heavy atom. The number of esters is 1. The van der Waals surface area contributed by atoms with E-state index < -0.39 is 29.5 Å². The zero-order valence-corrected chi connectivity index (χ0v) is 12.3. The number of carbonyl (C=O) groups is 3. The van der Waals surface area contributed by atoms with E-state index in [0.717, 1.165) is 0 Å². The van der Waals surface area contributed by atoms with Gasteiger partial charge in [-0.2, -0.15) is 0 Å². The summed E-state index contributed by atoms with van der Waals surface area (Å²) < 4.78 is 9.87. The molecule has 7 heteroatoms. The summed E-state index contributed by atoms with van der Waals surface area (Å²) in [4.78, 5) is 34.4. The van der Waals surface area contributed by atoms with Gasteiger partial charge in [-0.25, -0.2) is 9.59 Å². The van der Waals surface area contributed by atoms with E-state index in [1.165, 1.54) is 0 Å². The van der Waals surface area contributed by atoms with Gasteiger partial charge in [0.15, 0.2) is 5.78 Å². The molecule has 20 heavy (non-hydrogen) atoms. The van der Waals surface area contributed by atoms with Gasteiger partial charge in [0.2, 0.25) is 0 Å². The van der Waals surface area contributed by atoms with Crippen LogP contribution in [0.4, 0.5) is 4.79 Å². The lowest BCUT2D eigenvalue weighted by Gasteiger charge is -2.22. The van der Waals surface area contributed by atoms with Gasteiger partial charge in [-0.1, -0.05) is 0 Å². The number of ketones is 1. The quantitative estimate of drug-likeness (QED) is 0.544. The number of hydrogen-bond acceptors (Lipinski definition) is 6. The Labute approximate surface area is 118 Å². The molecule has 1 atom stereocenters. The molecule has 0 saturated carbocycles. The molecule has 0 spiro atoms. The molecule has 114 valence electrons. The van der Waals surface area contributed by atoms with Crippen LogP contribution in [0.5, 0.6) is 0 Å². The SMILES string of the molecule is CCOC(=O)[C@H](CCC(=O)C=N)NC(=O)OC(C)(C)C. The lowest BCUT2D eigenvalue weighted by Crippen LogP contribution is -2.44. The van der Waals surface area contributed by atoms with Crippen molar-refractivity contribution in [1.82, 2.24) is 5.32 Å². The Balaban J connectivity index is 4.59. The van der Waals surface area contributed by atoms with Crippen molar-refractivity contribution in [2.75, 3.05) is 6.61 Å². The number of Topliss-reactive ketones (excluding diaryl/α,β-unsaturated/α-hetero) is 1. The first-order valence-corrected chi connectivity index (χ1v) is 6.39. The second-order valence-electron chi connectivity index (χ2n) is 5.10. The highest BCUT2D eigenvalue weighted by atomic mass is 16.6. The Morgan fingerprint density at radius 1 is 1.30 bits per heavy atom. The number of alkyl carbamates (subject to hydrolysis) is 1. The maximum atomic E-state index is 11.7. The molecule has 0 bridgehead atoms. The number of rotatable bonds is 7. The van der Waals surface area contributed by atoms with Gasteiger partial charge in [0.25, 0.3) is 0 Å². The van der Waals surface area contributed by atoms with Gasteiger partial charge in [-0.15, -0.1) is 0 Å². The van der Waals surface area contributed by atoms with Crippen LogP contribution in [0.2, 0.25) is 0 Å². The molecule has 1 amide bonds. The summed E-state index contributed by atoms with van der Waals surface area (Å²) >= 11 is 0. The van der Waals surface area contributed by atoms with Crippen molar-refractivity contribution in [3.8, 4) is 0 Å². The third-order valence-electron chi connectivity index (χ3n) is 2.10. The smallest absolute Gasteiger partial charge is 0.408 e. The van der Waals surface area contributed by atoms with Crippen LogP contribution in [0.15, 0.2) is 0 Å². The van der Waals surface area contributed by atoms with Crippen LogP contribution in [0.1, 0.15) is 40.5 Å². The normalized spacial score (nSPS) is 12.2. The third-order valence-corrected chi connectivity index (χ3v) is 2.10. The molecule has 0 aliphatic heterocycles. The summed E-state index contributed by atoms with van der Waals surface area (Å²) in [6.45, 7) is 6.91. The van der Waals surface area contributed by atoms with Crippen molar-refractivity contribution in [1.29, 1.82) is 5.41 Å². The van der Waals surface area contributed by atoms with Gasteiger partial charge < -0.3 is 20.2 Å². The second kappa shape index (κ2) is 8.29. The van der Waals surface area contributed by atoms with E-state index in [1.54, 1.807) is 27.7 Å². The van der Waals surface area contributed by atoms with Crippen LogP contribution in [-0.2, 0) is 19.1 Å². The first-order chi connectivity index (χ1) is 9.19. The molecular formula is C13H22N2O5. The standard InChI is InChI=1S/C13H22N2O5/c1-5-19-11(17)10(7-6-9(16)8-14)15-12(18)20-13(2,3)4/h8,10,14H,5-7H2,1-4H3,(H,15,18)/t10-/m0/s1.